The summed E-state index contributed by atoms with van der Waals surface area (Å²) >= 11 is 0. The van der Waals surface area contributed by atoms with Gasteiger partial charge in [-0.1, -0.05) is 105 Å². The van der Waals surface area contributed by atoms with Crippen molar-refractivity contribution in [1.29, 1.82) is 0 Å². The predicted molar refractivity (Wildman–Crippen MR) is 112 cm³/mol. The first-order chi connectivity index (χ1) is 12.0. The van der Waals surface area contributed by atoms with Crippen LogP contribution in [0.1, 0.15) is 118 Å². The Labute approximate surface area is 159 Å². The Kier molecular flexibility index (Phi) is 16.6. The van der Waals surface area contributed by atoms with Crippen LogP contribution in [-0.2, 0) is 4.79 Å². The van der Waals surface area contributed by atoms with E-state index in [9.17, 15) is 4.79 Å². The Morgan fingerprint density at radius 2 is 1.00 bits per heavy atom. The second-order valence-electron chi connectivity index (χ2n) is 8.73. The van der Waals surface area contributed by atoms with E-state index in [4.69, 9.17) is 0 Å². The second kappa shape index (κ2) is 16.9. The van der Waals surface area contributed by atoms with E-state index < -0.39 is 0 Å². The molecule has 0 radical (unpaired) electrons. The molecule has 0 bridgehead atoms. The summed E-state index contributed by atoms with van der Waals surface area (Å²) in [5.41, 5.74) is 0. The van der Waals surface area contributed by atoms with E-state index in [0.717, 1.165) is 25.9 Å². The van der Waals surface area contributed by atoms with E-state index in [1.54, 1.807) is 0 Å². The molecule has 0 saturated carbocycles. The van der Waals surface area contributed by atoms with Crippen molar-refractivity contribution >= 4 is 5.91 Å². The van der Waals surface area contributed by atoms with E-state index in [2.05, 4.69) is 39.5 Å². The number of carbonyl (C=O) groups excluding carboxylic acids is 1. The maximum absolute atomic E-state index is 12.4. The monoisotopic (exact) mass is 353 g/mol. The molecule has 0 aromatic carbocycles. The Balaban J connectivity index is 3.57. The van der Waals surface area contributed by atoms with Gasteiger partial charge in [-0.05, 0) is 18.3 Å². The molecule has 0 aliphatic rings. The van der Waals surface area contributed by atoms with Gasteiger partial charge in [-0.25, -0.2) is 0 Å². The molecule has 0 aliphatic heterocycles. The van der Waals surface area contributed by atoms with Crippen LogP contribution < -0.4 is 0 Å². The minimum Gasteiger partial charge on any atom is -0.342 e. The summed E-state index contributed by atoms with van der Waals surface area (Å²) in [5, 5.41) is 0. The predicted octanol–water partition coefficient (Wildman–Crippen LogP) is 7.22. The molecule has 0 heterocycles. The average molecular weight is 354 g/mol. The third-order valence-corrected chi connectivity index (χ3v) is 4.77. The quantitative estimate of drug-likeness (QED) is 0.253. The molecular formula is C23H47NO. The molecule has 0 unspecified atom stereocenters. The Morgan fingerprint density at radius 1 is 0.640 bits per heavy atom. The van der Waals surface area contributed by atoms with E-state index in [1.807, 2.05) is 0 Å². The lowest BCUT2D eigenvalue weighted by molar-refractivity contribution is -0.132. The number of hydrogen-bond donors (Lipinski definition) is 0. The first-order valence-corrected chi connectivity index (χ1v) is 11.2. The molecule has 2 heteroatoms. The zero-order valence-electron chi connectivity index (χ0n) is 18.1. The highest BCUT2D eigenvalue weighted by atomic mass is 16.2. The van der Waals surface area contributed by atoms with Crippen LogP contribution in [0.3, 0.4) is 0 Å². The minimum absolute atomic E-state index is 0.370. The number of hydrogen-bond acceptors (Lipinski definition) is 1. The molecule has 0 aromatic rings. The number of nitrogens with zero attached hydrogens (tertiary/aromatic N) is 1. The minimum atomic E-state index is 0.370. The molecule has 1 amide bonds. The fraction of sp³-hybridized carbons (Fsp3) is 0.957. The molecule has 0 N–H and O–H groups in total. The van der Waals surface area contributed by atoms with Crippen molar-refractivity contribution in [1.82, 2.24) is 4.90 Å². The van der Waals surface area contributed by atoms with Crippen molar-refractivity contribution in [3.63, 3.8) is 0 Å². The van der Waals surface area contributed by atoms with Crippen molar-refractivity contribution in [3.8, 4) is 0 Å². The van der Waals surface area contributed by atoms with Gasteiger partial charge in [0.15, 0.2) is 0 Å². The zero-order valence-corrected chi connectivity index (χ0v) is 18.1. The van der Waals surface area contributed by atoms with E-state index in [-0.39, 0.29) is 0 Å². The summed E-state index contributed by atoms with van der Waals surface area (Å²) in [7, 11) is 0. The number of carbonyl (C=O) groups is 1. The molecule has 25 heavy (non-hydrogen) atoms. The number of unbranched alkanes of at least 4 members (excludes halogenated alkanes) is 11. The van der Waals surface area contributed by atoms with Gasteiger partial charge in [0, 0.05) is 19.5 Å². The molecule has 0 rings (SSSR count). The maximum atomic E-state index is 12.4. The van der Waals surface area contributed by atoms with Crippen LogP contribution in [0.5, 0.6) is 0 Å². The van der Waals surface area contributed by atoms with Crippen molar-refractivity contribution < 1.29 is 4.79 Å². The fourth-order valence-electron chi connectivity index (χ4n) is 3.44. The van der Waals surface area contributed by atoms with Crippen LogP contribution >= 0.6 is 0 Å². The van der Waals surface area contributed by atoms with Gasteiger partial charge in [0.1, 0.15) is 0 Å². The summed E-state index contributed by atoms with van der Waals surface area (Å²) in [5.74, 6) is 1.49. The summed E-state index contributed by atoms with van der Waals surface area (Å²) in [6, 6.07) is 0. The fourth-order valence-corrected chi connectivity index (χ4v) is 3.44. The largest absolute Gasteiger partial charge is 0.342 e. The highest BCUT2D eigenvalue weighted by Gasteiger charge is 2.15. The van der Waals surface area contributed by atoms with E-state index in [0.29, 0.717) is 17.7 Å². The van der Waals surface area contributed by atoms with E-state index in [1.165, 1.54) is 70.6 Å². The van der Waals surface area contributed by atoms with Crippen LogP contribution in [0.4, 0.5) is 0 Å². The van der Waals surface area contributed by atoms with Crippen molar-refractivity contribution in [3.05, 3.63) is 0 Å². The lowest BCUT2D eigenvalue weighted by Gasteiger charge is -2.26. The molecule has 150 valence electrons. The van der Waals surface area contributed by atoms with Crippen LogP contribution in [0.25, 0.3) is 0 Å². The first kappa shape index (κ1) is 24.5. The van der Waals surface area contributed by atoms with Gasteiger partial charge in [-0.15, -0.1) is 0 Å². The van der Waals surface area contributed by atoms with Gasteiger partial charge in [0.25, 0.3) is 0 Å². The highest BCUT2D eigenvalue weighted by molar-refractivity contribution is 5.76. The number of rotatable bonds is 17. The smallest absolute Gasteiger partial charge is 0.222 e. The maximum Gasteiger partial charge on any atom is 0.222 e. The molecule has 0 fully saturated rings. The van der Waals surface area contributed by atoms with Gasteiger partial charge in [0.2, 0.25) is 5.91 Å². The van der Waals surface area contributed by atoms with Crippen molar-refractivity contribution in [2.24, 2.45) is 11.8 Å². The van der Waals surface area contributed by atoms with Crippen LogP contribution in [0.15, 0.2) is 0 Å². The van der Waals surface area contributed by atoms with Crippen LogP contribution in [0.2, 0.25) is 0 Å². The first-order valence-electron chi connectivity index (χ1n) is 11.2. The third kappa shape index (κ3) is 16.7. The molecule has 0 aliphatic carbocycles. The standard InChI is InChI=1S/C23H47NO/c1-6-7-8-9-10-11-12-13-14-15-16-17-18-23(25)24(19-21(2)3)20-22(4)5/h21-22H,6-20H2,1-5H3. The van der Waals surface area contributed by atoms with Gasteiger partial charge < -0.3 is 4.90 Å². The lowest BCUT2D eigenvalue weighted by atomic mass is 10.0. The van der Waals surface area contributed by atoms with Crippen molar-refractivity contribution in [2.45, 2.75) is 118 Å². The van der Waals surface area contributed by atoms with Crippen LogP contribution in [0, 0.1) is 11.8 Å². The molecule has 0 atom stereocenters. The summed E-state index contributed by atoms with van der Waals surface area (Å²) < 4.78 is 0. The summed E-state index contributed by atoms with van der Waals surface area (Å²) in [6.07, 6.45) is 16.9. The topological polar surface area (TPSA) is 20.3 Å². The molecule has 2 nitrogen and oxygen atoms in total. The zero-order chi connectivity index (χ0) is 18.9. The summed E-state index contributed by atoms with van der Waals surface area (Å²) in [4.78, 5) is 14.5. The molecule has 0 aromatic heterocycles. The Hall–Kier alpha value is -0.530. The van der Waals surface area contributed by atoms with Crippen LogP contribution in [-0.4, -0.2) is 23.9 Å². The van der Waals surface area contributed by atoms with Gasteiger partial charge in [-0.2, -0.15) is 0 Å². The SMILES string of the molecule is CCCCCCCCCCCCCCC(=O)N(CC(C)C)CC(C)C. The average Bonchev–Trinajstić information content (AvgIpc) is 2.54. The third-order valence-electron chi connectivity index (χ3n) is 4.77. The van der Waals surface area contributed by atoms with E-state index >= 15 is 0 Å². The summed E-state index contributed by atoms with van der Waals surface area (Å²) in [6.45, 7) is 12.9. The van der Waals surface area contributed by atoms with Gasteiger partial charge >= 0.3 is 0 Å². The Bertz CT molecular complexity index is 288. The van der Waals surface area contributed by atoms with Gasteiger partial charge in [0.05, 0.1) is 0 Å². The molecular weight excluding hydrogens is 306 g/mol. The number of amides is 1. The van der Waals surface area contributed by atoms with Gasteiger partial charge in [-0.3, -0.25) is 4.79 Å². The Morgan fingerprint density at radius 3 is 1.36 bits per heavy atom. The normalized spacial score (nSPS) is 11.5. The molecule has 0 spiro atoms. The highest BCUT2D eigenvalue weighted by Crippen LogP contribution is 2.13. The van der Waals surface area contributed by atoms with Crippen molar-refractivity contribution in [2.75, 3.05) is 13.1 Å². The molecule has 0 saturated heterocycles. The lowest BCUT2D eigenvalue weighted by Crippen LogP contribution is -2.36. The second-order valence-corrected chi connectivity index (χ2v) is 8.73.